The van der Waals surface area contributed by atoms with Crippen LogP contribution in [0.2, 0.25) is 0 Å². The maximum atomic E-state index is 4.72. The van der Waals surface area contributed by atoms with Crippen LogP contribution in [0.25, 0.3) is 11.3 Å². The molecular weight excluding hydrogens is 430 g/mol. The van der Waals surface area contributed by atoms with Crippen LogP contribution in [0.5, 0.6) is 0 Å². The third kappa shape index (κ3) is 4.19. The van der Waals surface area contributed by atoms with Gasteiger partial charge in [-0.25, -0.2) is 4.98 Å². The molecule has 0 N–H and O–H groups in total. The van der Waals surface area contributed by atoms with Gasteiger partial charge in [-0.2, -0.15) is 0 Å². The summed E-state index contributed by atoms with van der Waals surface area (Å²) >= 11 is 10.5. The van der Waals surface area contributed by atoms with E-state index >= 15 is 0 Å². The Morgan fingerprint density at radius 2 is 1.81 bits per heavy atom. The number of hydrogen-bond acceptors (Lipinski definition) is 3. The Balaban J connectivity index is 1.69. The number of halogens is 2. The lowest BCUT2D eigenvalue weighted by atomic mass is 10.2. The Hall–Kier alpha value is -0.620. The summed E-state index contributed by atoms with van der Waals surface area (Å²) in [7, 11) is 0. The molecule has 0 unspecified atom stereocenters. The van der Waals surface area contributed by atoms with Crippen LogP contribution in [0.3, 0.4) is 0 Å². The molecule has 0 fully saturated rings. The van der Waals surface area contributed by atoms with Gasteiger partial charge in [0.2, 0.25) is 0 Å². The minimum atomic E-state index is 0.903. The molecule has 106 valence electrons. The molecule has 3 aromatic rings. The van der Waals surface area contributed by atoms with Crippen LogP contribution in [0, 0.1) is 0 Å². The van der Waals surface area contributed by atoms with E-state index in [9.17, 15) is 0 Å². The van der Waals surface area contributed by atoms with Crippen LogP contribution in [-0.4, -0.2) is 4.98 Å². The second kappa shape index (κ2) is 7.09. The van der Waals surface area contributed by atoms with E-state index in [1.807, 2.05) is 23.9 Å². The van der Waals surface area contributed by atoms with Crippen molar-refractivity contribution in [2.45, 2.75) is 10.6 Å². The summed E-state index contributed by atoms with van der Waals surface area (Å²) in [6, 6.07) is 16.6. The SMILES string of the molecule is Brc1ccc(SCc2nc(-c3cccc(Br)c3)cs2)cc1. The summed E-state index contributed by atoms with van der Waals surface area (Å²) in [6.07, 6.45) is 0. The minimum absolute atomic E-state index is 0.903. The average Bonchev–Trinajstić information content (AvgIpc) is 2.96. The first kappa shape index (κ1) is 15.3. The molecule has 0 atom stereocenters. The smallest absolute Gasteiger partial charge is 0.104 e. The topological polar surface area (TPSA) is 12.9 Å². The molecule has 2 aromatic carbocycles. The molecule has 0 spiro atoms. The number of hydrogen-bond donors (Lipinski definition) is 0. The first-order valence-corrected chi connectivity index (χ1v) is 9.74. The van der Waals surface area contributed by atoms with Crippen molar-refractivity contribution >= 4 is 55.0 Å². The van der Waals surface area contributed by atoms with Crippen molar-refractivity contribution in [2.75, 3.05) is 0 Å². The Kier molecular flexibility index (Phi) is 5.16. The largest absolute Gasteiger partial charge is 0.240 e. The van der Waals surface area contributed by atoms with Crippen molar-refractivity contribution in [3.05, 3.63) is 67.9 Å². The van der Waals surface area contributed by atoms with Gasteiger partial charge in [0.1, 0.15) is 5.01 Å². The van der Waals surface area contributed by atoms with Gasteiger partial charge in [0.25, 0.3) is 0 Å². The van der Waals surface area contributed by atoms with E-state index in [-0.39, 0.29) is 0 Å². The molecule has 21 heavy (non-hydrogen) atoms. The number of aromatic nitrogens is 1. The van der Waals surface area contributed by atoms with Crippen LogP contribution in [0.15, 0.2) is 67.8 Å². The van der Waals surface area contributed by atoms with E-state index in [2.05, 4.69) is 73.6 Å². The lowest BCUT2D eigenvalue weighted by Gasteiger charge is -1.99. The highest BCUT2D eigenvalue weighted by molar-refractivity contribution is 9.10. The Morgan fingerprint density at radius 3 is 2.57 bits per heavy atom. The van der Waals surface area contributed by atoms with E-state index in [4.69, 9.17) is 4.98 Å². The molecule has 0 aliphatic carbocycles. The molecule has 0 aliphatic heterocycles. The monoisotopic (exact) mass is 439 g/mol. The Labute approximate surface area is 149 Å². The zero-order chi connectivity index (χ0) is 14.7. The quantitative estimate of drug-likeness (QED) is 0.422. The number of nitrogens with zero attached hydrogens (tertiary/aromatic N) is 1. The summed E-state index contributed by atoms with van der Waals surface area (Å²) in [4.78, 5) is 5.98. The zero-order valence-corrected chi connectivity index (χ0v) is 15.7. The van der Waals surface area contributed by atoms with E-state index < -0.39 is 0 Å². The predicted molar refractivity (Wildman–Crippen MR) is 99.0 cm³/mol. The molecule has 1 heterocycles. The molecule has 0 radical (unpaired) electrons. The normalized spacial score (nSPS) is 10.8. The van der Waals surface area contributed by atoms with Crippen LogP contribution in [0.1, 0.15) is 5.01 Å². The summed E-state index contributed by atoms with van der Waals surface area (Å²) in [5, 5.41) is 3.28. The lowest BCUT2D eigenvalue weighted by molar-refractivity contribution is 1.26. The van der Waals surface area contributed by atoms with Crippen molar-refractivity contribution in [1.29, 1.82) is 0 Å². The van der Waals surface area contributed by atoms with Gasteiger partial charge in [0.05, 0.1) is 11.4 Å². The second-order valence-electron chi connectivity index (χ2n) is 4.38. The van der Waals surface area contributed by atoms with Gasteiger partial charge >= 0.3 is 0 Å². The highest BCUT2D eigenvalue weighted by Crippen LogP contribution is 2.29. The molecule has 0 aliphatic rings. The van der Waals surface area contributed by atoms with Gasteiger partial charge < -0.3 is 0 Å². The maximum Gasteiger partial charge on any atom is 0.104 e. The predicted octanol–water partition coefficient (Wildman–Crippen LogP) is 6.63. The lowest BCUT2D eigenvalue weighted by Crippen LogP contribution is -1.81. The molecule has 1 aromatic heterocycles. The van der Waals surface area contributed by atoms with Gasteiger partial charge in [0, 0.05) is 24.8 Å². The molecule has 5 heteroatoms. The van der Waals surface area contributed by atoms with Crippen LogP contribution >= 0.6 is 55.0 Å². The van der Waals surface area contributed by atoms with Gasteiger partial charge in [-0.1, -0.05) is 44.0 Å². The molecule has 1 nitrogen and oxygen atoms in total. The summed E-state index contributed by atoms with van der Waals surface area (Å²) in [6.45, 7) is 0. The van der Waals surface area contributed by atoms with Crippen molar-refractivity contribution in [3.8, 4) is 11.3 Å². The number of thiazole rings is 1. The van der Waals surface area contributed by atoms with Crippen LogP contribution < -0.4 is 0 Å². The highest BCUT2D eigenvalue weighted by atomic mass is 79.9. The van der Waals surface area contributed by atoms with Crippen LogP contribution in [0.4, 0.5) is 0 Å². The number of benzene rings is 2. The van der Waals surface area contributed by atoms with E-state index in [1.165, 1.54) is 4.90 Å². The third-order valence-corrected chi connectivity index (χ3v) is 5.92. The molecule has 0 amide bonds. The van der Waals surface area contributed by atoms with E-state index in [0.717, 1.165) is 31.0 Å². The summed E-state index contributed by atoms with van der Waals surface area (Å²) in [5.41, 5.74) is 2.20. The Morgan fingerprint density at radius 1 is 1.00 bits per heavy atom. The van der Waals surface area contributed by atoms with E-state index in [0.29, 0.717) is 0 Å². The number of rotatable bonds is 4. The van der Waals surface area contributed by atoms with Gasteiger partial charge in [-0.3, -0.25) is 0 Å². The van der Waals surface area contributed by atoms with Crippen molar-refractivity contribution < 1.29 is 0 Å². The minimum Gasteiger partial charge on any atom is -0.240 e. The molecule has 0 bridgehead atoms. The van der Waals surface area contributed by atoms with Gasteiger partial charge in [-0.15, -0.1) is 23.1 Å². The summed E-state index contributed by atoms with van der Waals surface area (Å²) < 4.78 is 2.19. The molecule has 3 rings (SSSR count). The van der Waals surface area contributed by atoms with Crippen molar-refractivity contribution in [2.24, 2.45) is 0 Å². The fourth-order valence-electron chi connectivity index (χ4n) is 1.83. The fraction of sp³-hybridized carbons (Fsp3) is 0.0625. The first-order chi connectivity index (χ1) is 10.2. The fourth-order valence-corrected chi connectivity index (χ4v) is 4.22. The zero-order valence-electron chi connectivity index (χ0n) is 10.9. The van der Waals surface area contributed by atoms with Crippen molar-refractivity contribution in [1.82, 2.24) is 4.98 Å². The van der Waals surface area contributed by atoms with Crippen molar-refractivity contribution in [3.63, 3.8) is 0 Å². The molecule has 0 saturated carbocycles. The van der Waals surface area contributed by atoms with E-state index in [1.54, 1.807) is 11.3 Å². The maximum absolute atomic E-state index is 4.72. The average molecular weight is 441 g/mol. The van der Waals surface area contributed by atoms with Gasteiger partial charge in [-0.05, 0) is 36.4 Å². The summed E-state index contributed by atoms with van der Waals surface area (Å²) in [5.74, 6) is 0.903. The third-order valence-electron chi connectivity index (χ3n) is 2.85. The second-order valence-corrected chi connectivity index (χ2v) is 8.20. The molecular formula is C16H11Br2NS2. The molecule has 0 saturated heterocycles. The van der Waals surface area contributed by atoms with Gasteiger partial charge in [0.15, 0.2) is 0 Å². The highest BCUT2D eigenvalue weighted by Gasteiger charge is 2.05. The van der Waals surface area contributed by atoms with Crippen LogP contribution in [-0.2, 0) is 5.75 Å². The number of thioether (sulfide) groups is 1. The first-order valence-electron chi connectivity index (χ1n) is 6.29. The Bertz CT molecular complexity index is 738. The standard InChI is InChI=1S/C16H11Br2NS2/c17-12-4-6-14(7-5-12)20-10-16-19-15(9-21-16)11-2-1-3-13(18)8-11/h1-9H,10H2.